The van der Waals surface area contributed by atoms with Gasteiger partial charge in [0.1, 0.15) is 17.0 Å². The molecule has 8 nitrogen and oxygen atoms in total. The molecule has 0 saturated heterocycles. The lowest BCUT2D eigenvalue weighted by Crippen LogP contribution is -2.35. The number of aromatic amines is 1. The largest absolute Gasteiger partial charge is 0.355 e. The molecule has 0 fully saturated rings. The molecular formula is C23H29N5O3. The first-order valence-electron chi connectivity index (χ1n) is 10.4. The van der Waals surface area contributed by atoms with Crippen LogP contribution in [0.15, 0.2) is 35.4 Å². The number of aryl methyl sites for hydroxylation is 2. The van der Waals surface area contributed by atoms with Gasteiger partial charge in [0.25, 0.3) is 11.8 Å². The third-order valence-electron chi connectivity index (χ3n) is 5.17. The van der Waals surface area contributed by atoms with E-state index in [-0.39, 0.29) is 11.1 Å². The zero-order valence-electron chi connectivity index (χ0n) is 18.6. The van der Waals surface area contributed by atoms with E-state index in [1.165, 1.54) is 19.4 Å². The number of amides is 2. The van der Waals surface area contributed by atoms with Crippen LogP contribution in [0.25, 0.3) is 11.0 Å². The summed E-state index contributed by atoms with van der Waals surface area (Å²) in [6, 6.07) is 5.42. The molecule has 0 spiro atoms. The van der Waals surface area contributed by atoms with Crippen LogP contribution in [0.4, 0.5) is 0 Å². The van der Waals surface area contributed by atoms with Gasteiger partial charge in [0.15, 0.2) is 0 Å². The highest BCUT2D eigenvalue weighted by atomic mass is 16.2. The average Bonchev–Trinajstić information content (AvgIpc) is 3.15. The van der Waals surface area contributed by atoms with Crippen molar-refractivity contribution in [3.8, 4) is 0 Å². The second kappa shape index (κ2) is 9.16. The normalized spacial score (nSPS) is 12.2. The highest BCUT2D eigenvalue weighted by Gasteiger charge is 2.21. The van der Waals surface area contributed by atoms with Crippen LogP contribution in [0.2, 0.25) is 0 Å². The Bertz CT molecular complexity index is 1180. The summed E-state index contributed by atoms with van der Waals surface area (Å²) in [6.07, 6.45) is 3.87. The number of carbonyl (C=O) groups excluding carboxylic acids is 2. The fraction of sp³-hybridized carbons (Fsp3) is 0.391. The van der Waals surface area contributed by atoms with Crippen LogP contribution in [-0.2, 0) is 6.54 Å². The van der Waals surface area contributed by atoms with Gasteiger partial charge in [0.2, 0.25) is 5.43 Å². The number of nitrogens with one attached hydrogen (secondary N) is 3. The standard InChI is InChI=1S/C23H29N5O3/c1-13(2)8-9-28-11-16(22(30)24-5)20(29)17(12-28)23(31)25-15(4)21-26-18-7-6-14(3)10-19(18)27-21/h6-7,10-13,15H,8-9H2,1-5H3,(H,24,30)(H,25,31)(H,26,27). The molecule has 2 amide bonds. The maximum absolute atomic E-state index is 13.0. The lowest BCUT2D eigenvalue weighted by Gasteiger charge is -2.15. The van der Waals surface area contributed by atoms with E-state index in [0.29, 0.717) is 18.3 Å². The van der Waals surface area contributed by atoms with Crippen LogP contribution in [0.1, 0.15) is 65.3 Å². The highest BCUT2D eigenvalue weighted by Crippen LogP contribution is 2.17. The molecule has 2 aromatic heterocycles. The summed E-state index contributed by atoms with van der Waals surface area (Å²) in [5, 5.41) is 5.29. The van der Waals surface area contributed by atoms with Crippen molar-refractivity contribution in [2.45, 2.75) is 46.7 Å². The molecule has 0 aliphatic carbocycles. The SMILES string of the molecule is CNC(=O)c1cn(CCC(C)C)cc(C(=O)NC(C)c2nc3ccc(C)cc3[nH]2)c1=O. The maximum Gasteiger partial charge on any atom is 0.257 e. The summed E-state index contributed by atoms with van der Waals surface area (Å²) < 4.78 is 1.73. The Balaban J connectivity index is 1.90. The molecule has 3 aromatic rings. The molecule has 164 valence electrons. The van der Waals surface area contributed by atoms with E-state index in [1.807, 2.05) is 25.1 Å². The minimum Gasteiger partial charge on any atom is -0.355 e. The molecule has 1 aromatic carbocycles. The Hall–Kier alpha value is -3.42. The van der Waals surface area contributed by atoms with Gasteiger partial charge in [-0.2, -0.15) is 0 Å². The van der Waals surface area contributed by atoms with Gasteiger partial charge in [-0.1, -0.05) is 19.9 Å². The van der Waals surface area contributed by atoms with Crippen molar-refractivity contribution in [1.82, 2.24) is 25.2 Å². The minimum atomic E-state index is -0.593. The number of hydrogen-bond donors (Lipinski definition) is 3. The number of nitrogens with zero attached hydrogens (tertiary/aromatic N) is 2. The molecule has 0 bridgehead atoms. The van der Waals surface area contributed by atoms with Crippen molar-refractivity contribution in [2.24, 2.45) is 5.92 Å². The average molecular weight is 424 g/mol. The van der Waals surface area contributed by atoms with Gasteiger partial charge in [-0.25, -0.2) is 4.98 Å². The summed E-state index contributed by atoms with van der Waals surface area (Å²) in [5.41, 5.74) is 2.08. The van der Waals surface area contributed by atoms with E-state index in [4.69, 9.17) is 0 Å². The van der Waals surface area contributed by atoms with Crippen LogP contribution in [0.5, 0.6) is 0 Å². The van der Waals surface area contributed by atoms with E-state index in [0.717, 1.165) is 23.0 Å². The zero-order chi connectivity index (χ0) is 22.7. The van der Waals surface area contributed by atoms with Gasteiger partial charge in [0.05, 0.1) is 17.1 Å². The lowest BCUT2D eigenvalue weighted by atomic mass is 10.1. The fourth-order valence-electron chi connectivity index (χ4n) is 3.32. The molecule has 8 heteroatoms. The first-order chi connectivity index (χ1) is 14.7. The van der Waals surface area contributed by atoms with Gasteiger partial charge in [-0.05, 0) is 43.9 Å². The van der Waals surface area contributed by atoms with Crippen molar-refractivity contribution >= 4 is 22.8 Å². The maximum atomic E-state index is 13.0. The summed E-state index contributed by atoms with van der Waals surface area (Å²) in [6.45, 7) is 8.57. The predicted octanol–water partition coefficient (Wildman–Crippen LogP) is 2.93. The molecule has 0 saturated carbocycles. The zero-order valence-corrected chi connectivity index (χ0v) is 18.6. The second-order valence-corrected chi connectivity index (χ2v) is 8.25. The predicted molar refractivity (Wildman–Crippen MR) is 120 cm³/mol. The molecule has 0 radical (unpaired) electrons. The number of aromatic nitrogens is 3. The van der Waals surface area contributed by atoms with Crippen LogP contribution < -0.4 is 16.1 Å². The number of fused-ring (bicyclic) bond motifs is 1. The van der Waals surface area contributed by atoms with Gasteiger partial charge in [-0.3, -0.25) is 14.4 Å². The van der Waals surface area contributed by atoms with Gasteiger partial charge in [-0.15, -0.1) is 0 Å². The number of imidazole rings is 1. The molecule has 2 heterocycles. The second-order valence-electron chi connectivity index (χ2n) is 8.25. The Kier molecular flexibility index (Phi) is 6.58. The van der Waals surface area contributed by atoms with E-state index < -0.39 is 23.3 Å². The quantitative estimate of drug-likeness (QED) is 0.543. The summed E-state index contributed by atoms with van der Waals surface area (Å²) in [5.74, 6) is -0.0229. The van der Waals surface area contributed by atoms with Crippen molar-refractivity contribution in [3.63, 3.8) is 0 Å². The fourth-order valence-corrected chi connectivity index (χ4v) is 3.32. The van der Waals surface area contributed by atoms with Crippen molar-refractivity contribution in [1.29, 1.82) is 0 Å². The van der Waals surface area contributed by atoms with E-state index in [1.54, 1.807) is 11.5 Å². The van der Waals surface area contributed by atoms with E-state index in [9.17, 15) is 14.4 Å². The smallest absolute Gasteiger partial charge is 0.257 e. The molecule has 1 atom stereocenters. The number of benzene rings is 1. The van der Waals surface area contributed by atoms with Crippen molar-refractivity contribution in [2.75, 3.05) is 7.05 Å². The highest BCUT2D eigenvalue weighted by molar-refractivity contribution is 5.99. The van der Waals surface area contributed by atoms with E-state index in [2.05, 4.69) is 34.4 Å². The number of carbonyl (C=O) groups is 2. The minimum absolute atomic E-state index is 0.0502. The Labute approximate surface area is 181 Å². The topological polar surface area (TPSA) is 109 Å². The Morgan fingerprint density at radius 1 is 1.13 bits per heavy atom. The Morgan fingerprint density at radius 3 is 2.45 bits per heavy atom. The first-order valence-corrected chi connectivity index (χ1v) is 10.4. The molecule has 1 unspecified atom stereocenters. The monoisotopic (exact) mass is 423 g/mol. The third-order valence-corrected chi connectivity index (χ3v) is 5.17. The number of hydrogen-bond acceptors (Lipinski definition) is 4. The van der Waals surface area contributed by atoms with Gasteiger partial charge >= 0.3 is 0 Å². The Morgan fingerprint density at radius 2 is 1.81 bits per heavy atom. The summed E-state index contributed by atoms with van der Waals surface area (Å²) in [7, 11) is 1.46. The first kappa shape index (κ1) is 22.3. The van der Waals surface area contributed by atoms with Crippen LogP contribution >= 0.6 is 0 Å². The van der Waals surface area contributed by atoms with Crippen LogP contribution in [0.3, 0.4) is 0 Å². The number of rotatable bonds is 7. The third kappa shape index (κ3) is 5.02. The van der Waals surface area contributed by atoms with Crippen LogP contribution in [-0.4, -0.2) is 33.4 Å². The summed E-state index contributed by atoms with van der Waals surface area (Å²) in [4.78, 5) is 45.8. The van der Waals surface area contributed by atoms with Gasteiger partial charge < -0.3 is 20.2 Å². The van der Waals surface area contributed by atoms with Gasteiger partial charge in [0, 0.05) is 26.0 Å². The molecule has 31 heavy (non-hydrogen) atoms. The molecular weight excluding hydrogens is 394 g/mol. The number of pyridine rings is 1. The number of H-pyrrole nitrogens is 1. The molecule has 0 aliphatic rings. The molecule has 3 N–H and O–H groups in total. The molecule has 0 aliphatic heterocycles. The summed E-state index contributed by atoms with van der Waals surface area (Å²) >= 11 is 0. The lowest BCUT2D eigenvalue weighted by molar-refractivity contribution is 0.0936. The van der Waals surface area contributed by atoms with Crippen LogP contribution in [0, 0.1) is 12.8 Å². The molecule has 3 rings (SSSR count). The van der Waals surface area contributed by atoms with E-state index >= 15 is 0 Å². The van der Waals surface area contributed by atoms with Crippen molar-refractivity contribution in [3.05, 3.63) is 63.3 Å². The van der Waals surface area contributed by atoms with Crippen molar-refractivity contribution < 1.29 is 9.59 Å².